The van der Waals surface area contributed by atoms with Crippen LogP contribution in [0.4, 0.5) is 0 Å². The summed E-state index contributed by atoms with van der Waals surface area (Å²) in [5.41, 5.74) is 0.685. The van der Waals surface area contributed by atoms with E-state index in [4.69, 9.17) is 26.3 Å². The number of nitrogens with zero attached hydrogens (tertiary/aromatic N) is 1. The van der Waals surface area contributed by atoms with Crippen LogP contribution < -0.4 is 9.47 Å². The molecule has 0 bridgehead atoms. The molecule has 0 fully saturated rings. The number of nitriles is 1. The van der Waals surface area contributed by atoms with Crippen molar-refractivity contribution < 1.29 is 9.47 Å². The molecule has 0 heterocycles. The fourth-order valence-corrected chi connectivity index (χ4v) is 1.49. The summed E-state index contributed by atoms with van der Waals surface area (Å²) in [7, 11) is 3.06. The van der Waals surface area contributed by atoms with Crippen molar-refractivity contribution in [2.75, 3.05) is 14.2 Å². The van der Waals surface area contributed by atoms with E-state index >= 15 is 0 Å². The Labute approximate surface area is 87.8 Å². The molecule has 0 amide bonds. The summed E-state index contributed by atoms with van der Waals surface area (Å²) in [6.45, 7) is 0. The summed E-state index contributed by atoms with van der Waals surface area (Å²) in [4.78, 5) is 0. The molecule has 0 aromatic heterocycles. The number of hydrogen-bond acceptors (Lipinski definition) is 3. The van der Waals surface area contributed by atoms with Gasteiger partial charge in [-0.3, -0.25) is 0 Å². The summed E-state index contributed by atoms with van der Waals surface area (Å²) < 4.78 is 10.2. The highest BCUT2D eigenvalue weighted by atomic mass is 35.5. The van der Waals surface area contributed by atoms with Crippen molar-refractivity contribution in [1.82, 2.24) is 0 Å². The largest absolute Gasteiger partial charge is 0.496 e. The maximum absolute atomic E-state index is 8.65. The number of methoxy groups -OCH3 is 2. The first-order chi connectivity index (χ1) is 6.74. The van der Waals surface area contributed by atoms with E-state index in [0.29, 0.717) is 22.1 Å². The van der Waals surface area contributed by atoms with Gasteiger partial charge in [0.1, 0.15) is 11.5 Å². The molecule has 0 aliphatic rings. The van der Waals surface area contributed by atoms with Crippen LogP contribution in [0.25, 0.3) is 0 Å². The molecule has 4 heteroatoms. The molecule has 0 radical (unpaired) electrons. The second kappa shape index (κ2) is 4.73. The zero-order valence-corrected chi connectivity index (χ0v) is 8.76. The summed E-state index contributed by atoms with van der Waals surface area (Å²) in [6, 6.07) is 5.44. The van der Waals surface area contributed by atoms with Gasteiger partial charge in [-0.15, -0.1) is 0 Å². The Morgan fingerprint density at radius 2 is 2.07 bits per heavy atom. The molecule has 1 aromatic carbocycles. The van der Waals surface area contributed by atoms with Crippen LogP contribution in [0.3, 0.4) is 0 Å². The summed E-state index contributed by atoms with van der Waals surface area (Å²) in [5.74, 6) is 1.13. The molecule has 0 saturated heterocycles. The minimum atomic E-state index is 0.215. The molecule has 0 saturated carbocycles. The smallest absolute Gasteiger partial charge is 0.145 e. The van der Waals surface area contributed by atoms with Gasteiger partial charge in [-0.25, -0.2) is 0 Å². The second-order valence-corrected chi connectivity index (χ2v) is 3.00. The lowest BCUT2D eigenvalue weighted by molar-refractivity contribution is 0.387. The number of halogens is 1. The summed E-state index contributed by atoms with van der Waals surface area (Å²) in [5, 5.41) is 9.13. The summed E-state index contributed by atoms with van der Waals surface area (Å²) in [6.07, 6.45) is 0.215. The van der Waals surface area contributed by atoms with Crippen LogP contribution in [0.5, 0.6) is 11.5 Å². The molecule has 0 aliphatic carbocycles. The van der Waals surface area contributed by atoms with Gasteiger partial charge in [-0.05, 0) is 12.1 Å². The monoisotopic (exact) mass is 211 g/mol. The molecule has 3 nitrogen and oxygen atoms in total. The molecule has 0 unspecified atom stereocenters. The minimum absolute atomic E-state index is 0.215. The number of hydrogen-bond donors (Lipinski definition) is 0. The molecule has 1 rings (SSSR count). The Bertz CT molecular complexity index is 371. The van der Waals surface area contributed by atoms with Crippen molar-refractivity contribution in [3.63, 3.8) is 0 Å². The zero-order chi connectivity index (χ0) is 10.6. The lowest BCUT2D eigenvalue weighted by Gasteiger charge is -2.11. The van der Waals surface area contributed by atoms with Gasteiger partial charge in [0.2, 0.25) is 0 Å². The highest BCUT2D eigenvalue weighted by molar-refractivity contribution is 6.32. The molecule has 1 aromatic rings. The van der Waals surface area contributed by atoms with Crippen molar-refractivity contribution in [2.45, 2.75) is 6.42 Å². The Hall–Kier alpha value is -1.40. The van der Waals surface area contributed by atoms with E-state index in [-0.39, 0.29) is 6.42 Å². The van der Waals surface area contributed by atoms with E-state index in [9.17, 15) is 0 Å². The average molecular weight is 212 g/mol. The molecular formula is C10H10ClNO2. The van der Waals surface area contributed by atoms with Gasteiger partial charge in [-0.2, -0.15) is 5.26 Å². The van der Waals surface area contributed by atoms with Crippen molar-refractivity contribution in [3.05, 3.63) is 22.7 Å². The van der Waals surface area contributed by atoms with Gasteiger partial charge in [-0.1, -0.05) is 11.6 Å². The standard InChI is InChI=1S/C10H10ClNO2/c1-13-9-4-3-8(11)10(14-2)7(9)5-6-12/h3-4H,5H2,1-2H3. The van der Waals surface area contributed by atoms with E-state index in [1.807, 2.05) is 6.07 Å². The average Bonchev–Trinajstić information content (AvgIpc) is 2.19. The van der Waals surface area contributed by atoms with E-state index < -0.39 is 0 Å². The third kappa shape index (κ3) is 1.91. The molecule has 0 aliphatic heterocycles. The molecule has 14 heavy (non-hydrogen) atoms. The lowest BCUT2D eigenvalue weighted by atomic mass is 10.1. The van der Waals surface area contributed by atoms with Crippen molar-refractivity contribution in [2.24, 2.45) is 0 Å². The third-order valence-corrected chi connectivity index (χ3v) is 2.15. The second-order valence-electron chi connectivity index (χ2n) is 2.60. The first kappa shape index (κ1) is 10.7. The minimum Gasteiger partial charge on any atom is -0.496 e. The maximum atomic E-state index is 8.65. The Morgan fingerprint density at radius 1 is 1.36 bits per heavy atom. The van der Waals surface area contributed by atoms with E-state index in [1.54, 1.807) is 19.2 Å². The Balaban J connectivity index is 3.29. The van der Waals surface area contributed by atoms with Crippen molar-refractivity contribution in [3.8, 4) is 17.6 Å². The number of benzene rings is 1. The molecule has 0 atom stereocenters. The third-order valence-electron chi connectivity index (χ3n) is 1.85. The Kier molecular flexibility index (Phi) is 3.61. The van der Waals surface area contributed by atoms with Crippen LogP contribution in [0, 0.1) is 11.3 Å². The predicted molar refractivity (Wildman–Crippen MR) is 53.9 cm³/mol. The zero-order valence-electron chi connectivity index (χ0n) is 8.00. The van der Waals surface area contributed by atoms with Gasteiger partial charge in [0, 0.05) is 0 Å². The highest BCUT2D eigenvalue weighted by Gasteiger charge is 2.12. The topological polar surface area (TPSA) is 42.2 Å². The van der Waals surface area contributed by atoms with Gasteiger partial charge in [0.15, 0.2) is 0 Å². The van der Waals surface area contributed by atoms with Crippen LogP contribution in [0.15, 0.2) is 12.1 Å². The van der Waals surface area contributed by atoms with Crippen LogP contribution in [-0.4, -0.2) is 14.2 Å². The predicted octanol–water partition coefficient (Wildman–Crippen LogP) is 2.42. The van der Waals surface area contributed by atoms with Gasteiger partial charge in [0.25, 0.3) is 0 Å². The Morgan fingerprint density at radius 3 is 2.57 bits per heavy atom. The van der Waals surface area contributed by atoms with Crippen LogP contribution in [-0.2, 0) is 6.42 Å². The fourth-order valence-electron chi connectivity index (χ4n) is 1.24. The number of ether oxygens (including phenoxy) is 2. The van der Waals surface area contributed by atoms with E-state index in [2.05, 4.69) is 0 Å². The van der Waals surface area contributed by atoms with Crippen molar-refractivity contribution >= 4 is 11.6 Å². The quantitative estimate of drug-likeness (QED) is 0.771. The first-order valence-electron chi connectivity index (χ1n) is 4.01. The fraction of sp³-hybridized carbons (Fsp3) is 0.300. The summed E-state index contributed by atoms with van der Waals surface area (Å²) >= 11 is 5.90. The van der Waals surface area contributed by atoms with Gasteiger partial charge >= 0.3 is 0 Å². The SMILES string of the molecule is COc1ccc(Cl)c(OC)c1CC#N. The molecule has 74 valence electrons. The van der Waals surface area contributed by atoms with Gasteiger partial charge in [0.05, 0.1) is 37.3 Å². The van der Waals surface area contributed by atoms with Crippen LogP contribution >= 0.6 is 11.6 Å². The van der Waals surface area contributed by atoms with Crippen molar-refractivity contribution in [1.29, 1.82) is 5.26 Å². The maximum Gasteiger partial charge on any atom is 0.145 e. The highest BCUT2D eigenvalue weighted by Crippen LogP contribution is 2.35. The molecule has 0 N–H and O–H groups in total. The van der Waals surface area contributed by atoms with E-state index in [0.717, 1.165) is 0 Å². The number of rotatable bonds is 3. The van der Waals surface area contributed by atoms with E-state index in [1.165, 1.54) is 7.11 Å². The van der Waals surface area contributed by atoms with Crippen LogP contribution in [0.1, 0.15) is 5.56 Å². The normalized spacial score (nSPS) is 9.29. The molecular weight excluding hydrogens is 202 g/mol. The van der Waals surface area contributed by atoms with Gasteiger partial charge < -0.3 is 9.47 Å². The lowest BCUT2D eigenvalue weighted by Crippen LogP contribution is -1.96. The van der Waals surface area contributed by atoms with Crippen LogP contribution in [0.2, 0.25) is 5.02 Å². The first-order valence-corrected chi connectivity index (χ1v) is 4.38. The molecule has 0 spiro atoms.